The highest BCUT2D eigenvalue weighted by Gasteiger charge is 2.25. The first-order valence-corrected chi connectivity index (χ1v) is 5.87. The topological polar surface area (TPSA) is 70.1 Å². The molecule has 1 rings (SSSR count). The lowest BCUT2D eigenvalue weighted by molar-refractivity contribution is -0.123. The second kappa shape index (κ2) is 5.31. The fourth-order valence-electron chi connectivity index (χ4n) is 1.98. The van der Waals surface area contributed by atoms with Crippen molar-refractivity contribution in [3.8, 4) is 6.07 Å². The quantitative estimate of drug-likeness (QED) is 0.776. The number of rotatable bonds is 4. The molecule has 0 aliphatic carbocycles. The van der Waals surface area contributed by atoms with Gasteiger partial charge in [0.1, 0.15) is 0 Å². The maximum Gasteiger partial charge on any atom is 0.221 e. The molecule has 1 heterocycles. The highest BCUT2D eigenvalue weighted by molar-refractivity contribution is 5.76. The molecule has 1 aliphatic rings. The predicted octanol–water partition coefficient (Wildman–Crippen LogP) is 1.12. The number of carbonyl (C=O) groups is 1. The minimum Gasteiger partial charge on any atom is -0.369 e. The molecular formula is C12H21N3O. The standard InChI is InChI=1S/C12H21N3O/c1-12(2,9-13)5-7-15-6-3-4-10(8-15)11(14)16/h10H,3-8H2,1-2H3,(H2,14,16). The molecule has 0 saturated carbocycles. The molecule has 1 fully saturated rings. The van der Waals surface area contributed by atoms with Gasteiger partial charge in [-0.3, -0.25) is 4.79 Å². The third-order valence-electron chi connectivity index (χ3n) is 3.26. The van der Waals surface area contributed by atoms with Gasteiger partial charge < -0.3 is 10.6 Å². The van der Waals surface area contributed by atoms with Gasteiger partial charge >= 0.3 is 0 Å². The Hall–Kier alpha value is -1.08. The van der Waals surface area contributed by atoms with Crippen LogP contribution in [0.25, 0.3) is 0 Å². The van der Waals surface area contributed by atoms with Crippen molar-refractivity contribution in [1.29, 1.82) is 5.26 Å². The first kappa shape index (κ1) is 13.0. The Morgan fingerprint density at radius 2 is 2.31 bits per heavy atom. The minimum absolute atomic E-state index is 0.000974. The van der Waals surface area contributed by atoms with Crippen molar-refractivity contribution in [1.82, 2.24) is 4.90 Å². The van der Waals surface area contributed by atoms with Crippen LogP contribution in [0.1, 0.15) is 33.1 Å². The zero-order valence-electron chi connectivity index (χ0n) is 10.2. The SMILES string of the molecule is CC(C)(C#N)CCN1CCCC(C(N)=O)C1. The third kappa shape index (κ3) is 3.82. The van der Waals surface area contributed by atoms with Gasteiger partial charge in [-0.1, -0.05) is 0 Å². The summed E-state index contributed by atoms with van der Waals surface area (Å²) in [5, 5.41) is 8.92. The fourth-order valence-corrected chi connectivity index (χ4v) is 1.98. The van der Waals surface area contributed by atoms with Gasteiger partial charge in [0.25, 0.3) is 0 Å². The van der Waals surface area contributed by atoms with Crippen molar-refractivity contribution in [2.45, 2.75) is 33.1 Å². The van der Waals surface area contributed by atoms with E-state index in [1.54, 1.807) is 0 Å². The Kier molecular flexibility index (Phi) is 4.31. The van der Waals surface area contributed by atoms with Gasteiger partial charge in [0, 0.05) is 6.54 Å². The van der Waals surface area contributed by atoms with Crippen molar-refractivity contribution in [2.24, 2.45) is 17.1 Å². The second-order valence-electron chi connectivity index (χ2n) is 5.29. The van der Waals surface area contributed by atoms with Crippen LogP contribution in [-0.4, -0.2) is 30.4 Å². The predicted molar refractivity (Wildman–Crippen MR) is 62.4 cm³/mol. The Balaban J connectivity index is 2.38. The number of carbonyl (C=O) groups excluding carboxylic acids is 1. The van der Waals surface area contributed by atoms with E-state index in [-0.39, 0.29) is 17.2 Å². The molecule has 1 unspecified atom stereocenters. The van der Waals surface area contributed by atoms with Crippen LogP contribution >= 0.6 is 0 Å². The summed E-state index contributed by atoms with van der Waals surface area (Å²) in [6, 6.07) is 2.30. The molecule has 90 valence electrons. The smallest absolute Gasteiger partial charge is 0.221 e. The zero-order valence-corrected chi connectivity index (χ0v) is 10.2. The van der Waals surface area contributed by atoms with E-state index in [0.717, 1.165) is 38.9 Å². The van der Waals surface area contributed by atoms with Crippen molar-refractivity contribution >= 4 is 5.91 Å². The van der Waals surface area contributed by atoms with E-state index < -0.39 is 0 Å². The largest absolute Gasteiger partial charge is 0.369 e. The van der Waals surface area contributed by atoms with E-state index in [4.69, 9.17) is 11.0 Å². The molecule has 0 aromatic heterocycles. The number of nitriles is 1. The van der Waals surface area contributed by atoms with Crippen molar-refractivity contribution in [2.75, 3.05) is 19.6 Å². The van der Waals surface area contributed by atoms with Crippen LogP contribution in [0.4, 0.5) is 0 Å². The lowest BCUT2D eigenvalue weighted by Gasteiger charge is -2.32. The lowest BCUT2D eigenvalue weighted by Crippen LogP contribution is -2.42. The Morgan fingerprint density at radius 3 is 2.88 bits per heavy atom. The van der Waals surface area contributed by atoms with Crippen LogP contribution < -0.4 is 5.73 Å². The first-order chi connectivity index (χ1) is 7.44. The molecule has 2 N–H and O–H groups in total. The maximum atomic E-state index is 11.1. The second-order valence-corrected chi connectivity index (χ2v) is 5.29. The average molecular weight is 223 g/mol. The van der Waals surface area contributed by atoms with E-state index in [9.17, 15) is 4.79 Å². The normalized spacial score (nSPS) is 22.7. The number of nitrogens with zero attached hydrogens (tertiary/aromatic N) is 2. The Bertz CT molecular complexity index is 293. The van der Waals surface area contributed by atoms with E-state index in [2.05, 4.69) is 11.0 Å². The highest BCUT2D eigenvalue weighted by atomic mass is 16.1. The monoisotopic (exact) mass is 223 g/mol. The van der Waals surface area contributed by atoms with Crippen LogP contribution in [0.15, 0.2) is 0 Å². The zero-order chi connectivity index (χ0) is 12.2. The first-order valence-electron chi connectivity index (χ1n) is 5.87. The van der Waals surface area contributed by atoms with Crippen LogP contribution in [-0.2, 0) is 4.79 Å². The molecule has 0 aromatic carbocycles. The molecule has 1 atom stereocenters. The van der Waals surface area contributed by atoms with Gasteiger partial charge in [-0.05, 0) is 46.2 Å². The molecule has 1 amide bonds. The van der Waals surface area contributed by atoms with Gasteiger partial charge in [0.2, 0.25) is 5.91 Å². The molecule has 0 bridgehead atoms. The fraction of sp³-hybridized carbons (Fsp3) is 0.833. The van der Waals surface area contributed by atoms with Crippen LogP contribution in [0.2, 0.25) is 0 Å². The molecule has 0 spiro atoms. The Morgan fingerprint density at radius 1 is 1.62 bits per heavy atom. The number of primary amides is 1. The molecular weight excluding hydrogens is 202 g/mol. The summed E-state index contributed by atoms with van der Waals surface area (Å²) in [6.45, 7) is 6.55. The number of piperidine rings is 1. The number of nitrogens with two attached hydrogens (primary N) is 1. The van der Waals surface area contributed by atoms with Gasteiger partial charge in [-0.15, -0.1) is 0 Å². The maximum absolute atomic E-state index is 11.1. The summed E-state index contributed by atoms with van der Waals surface area (Å²) in [6.07, 6.45) is 2.78. The molecule has 4 heteroatoms. The average Bonchev–Trinajstić information content (AvgIpc) is 2.27. The summed E-state index contributed by atoms with van der Waals surface area (Å²) in [5.41, 5.74) is 5.04. The van der Waals surface area contributed by atoms with Crippen molar-refractivity contribution in [3.63, 3.8) is 0 Å². The number of likely N-dealkylation sites (tertiary alicyclic amines) is 1. The summed E-state index contributed by atoms with van der Waals surface area (Å²) in [4.78, 5) is 13.3. The number of amides is 1. The minimum atomic E-state index is -0.278. The molecule has 1 aliphatic heterocycles. The van der Waals surface area contributed by atoms with E-state index in [1.165, 1.54) is 0 Å². The van der Waals surface area contributed by atoms with Crippen LogP contribution in [0.3, 0.4) is 0 Å². The number of hydrogen-bond acceptors (Lipinski definition) is 3. The summed E-state index contributed by atoms with van der Waals surface area (Å²) in [7, 11) is 0. The van der Waals surface area contributed by atoms with Gasteiger partial charge in [-0.25, -0.2) is 0 Å². The Labute approximate surface area is 97.4 Å². The molecule has 16 heavy (non-hydrogen) atoms. The summed E-state index contributed by atoms with van der Waals surface area (Å²) >= 11 is 0. The molecule has 4 nitrogen and oxygen atoms in total. The number of hydrogen-bond donors (Lipinski definition) is 1. The molecule has 0 aromatic rings. The van der Waals surface area contributed by atoms with Crippen LogP contribution in [0.5, 0.6) is 0 Å². The van der Waals surface area contributed by atoms with Gasteiger partial charge in [0.05, 0.1) is 17.4 Å². The molecule has 0 radical (unpaired) electrons. The lowest BCUT2D eigenvalue weighted by atomic mass is 9.90. The third-order valence-corrected chi connectivity index (χ3v) is 3.26. The summed E-state index contributed by atoms with van der Waals surface area (Å²) in [5.74, 6) is -0.191. The van der Waals surface area contributed by atoms with Crippen molar-refractivity contribution < 1.29 is 4.79 Å². The van der Waals surface area contributed by atoms with Gasteiger partial charge in [0.15, 0.2) is 0 Å². The van der Waals surface area contributed by atoms with Crippen molar-refractivity contribution in [3.05, 3.63) is 0 Å². The van der Waals surface area contributed by atoms with E-state index in [1.807, 2.05) is 13.8 Å². The summed E-state index contributed by atoms with van der Waals surface area (Å²) < 4.78 is 0. The van der Waals surface area contributed by atoms with Crippen LogP contribution in [0, 0.1) is 22.7 Å². The highest BCUT2D eigenvalue weighted by Crippen LogP contribution is 2.22. The molecule has 1 saturated heterocycles. The van der Waals surface area contributed by atoms with E-state index in [0.29, 0.717) is 0 Å². The van der Waals surface area contributed by atoms with E-state index >= 15 is 0 Å². The van der Waals surface area contributed by atoms with Gasteiger partial charge in [-0.2, -0.15) is 5.26 Å².